The third kappa shape index (κ3) is 3.13. The number of rotatable bonds is 5. The van der Waals surface area contributed by atoms with E-state index in [0.717, 1.165) is 0 Å². The fourth-order valence-electron chi connectivity index (χ4n) is 2.25. The monoisotopic (exact) mass is 269 g/mol. The summed E-state index contributed by atoms with van der Waals surface area (Å²) in [6.45, 7) is 1.49. The Balaban J connectivity index is 2.86. The Labute approximate surface area is 111 Å². The molecule has 0 bridgehead atoms. The summed E-state index contributed by atoms with van der Waals surface area (Å²) in [6.07, 6.45) is 4.51. The molecule has 0 fully saturated rings. The van der Waals surface area contributed by atoms with E-state index in [-0.39, 0.29) is 19.4 Å². The average Bonchev–Trinajstić information content (AvgIpc) is 2.38. The fraction of sp³-hybridized carbons (Fsp3) is 0.615. The van der Waals surface area contributed by atoms with Gasteiger partial charge in [-0.1, -0.05) is 19.1 Å². The van der Waals surface area contributed by atoms with Gasteiger partial charge in [0.05, 0.1) is 5.92 Å². The van der Waals surface area contributed by atoms with Gasteiger partial charge in [0.15, 0.2) is 0 Å². The molecule has 2 atom stereocenters. The molecule has 0 radical (unpaired) electrons. The minimum absolute atomic E-state index is 0.00686. The normalized spacial score (nSPS) is 23.7. The Bertz CT molecular complexity index is 417. The largest absolute Gasteiger partial charge is 0.481 e. The summed E-state index contributed by atoms with van der Waals surface area (Å²) in [5, 5.41) is 18.2. The first kappa shape index (κ1) is 15.2. The topological polar surface area (TPSA) is 94.9 Å². The number of carbonyl (C=O) groups is 3. The molecule has 0 aliphatic heterocycles. The molecule has 1 aliphatic rings. The molecule has 2 N–H and O–H groups in total. The number of carboxylic acid groups (broad SMARTS) is 2. The Hall–Kier alpha value is -1.85. The van der Waals surface area contributed by atoms with Crippen molar-refractivity contribution in [1.29, 1.82) is 0 Å². The van der Waals surface area contributed by atoms with Gasteiger partial charge >= 0.3 is 11.9 Å². The van der Waals surface area contributed by atoms with Crippen LogP contribution in [0, 0.1) is 11.3 Å². The maximum absolute atomic E-state index is 12.3. The van der Waals surface area contributed by atoms with Crippen LogP contribution in [0.1, 0.15) is 26.2 Å². The Morgan fingerprint density at radius 3 is 2.37 bits per heavy atom. The molecular formula is C13H19NO5. The highest BCUT2D eigenvalue weighted by molar-refractivity contribution is 6.02. The fourth-order valence-corrected chi connectivity index (χ4v) is 2.25. The summed E-state index contributed by atoms with van der Waals surface area (Å²) in [5.74, 6) is -3.39. The lowest BCUT2D eigenvalue weighted by atomic mass is 9.76. The third-order valence-electron chi connectivity index (χ3n) is 3.51. The maximum atomic E-state index is 12.3. The Morgan fingerprint density at radius 1 is 1.32 bits per heavy atom. The molecule has 0 spiro atoms. The van der Waals surface area contributed by atoms with Gasteiger partial charge in [0.1, 0.15) is 5.41 Å². The van der Waals surface area contributed by atoms with Crippen LogP contribution in [0.2, 0.25) is 0 Å². The van der Waals surface area contributed by atoms with E-state index in [4.69, 9.17) is 5.11 Å². The minimum Gasteiger partial charge on any atom is -0.481 e. The van der Waals surface area contributed by atoms with E-state index in [0.29, 0.717) is 6.42 Å². The number of hydrogen-bond donors (Lipinski definition) is 2. The average molecular weight is 269 g/mol. The summed E-state index contributed by atoms with van der Waals surface area (Å²) < 4.78 is 0. The predicted molar refractivity (Wildman–Crippen MR) is 67.5 cm³/mol. The van der Waals surface area contributed by atoms with Gasteiger partial charge in [0, 0.05) is 13.6 Å². The standard InChI is InChI=1S/C13H19NO5/c1-9(10(15)16)8-14(2)11(17)13(12(18)19)6-4-3-5-7-13/h3-4,9H,5-8H2,1-2H3,(H,15,16)(H,18,19). The molecule has 106 valence electrons. The van der Waals surface area contributed by atoms with Crippen molar-refractivity contribution in [2.24, 2.45) is 11.3 Å². The van der Waals surface area contributed by atoms with Gasteiger partial charge in [-0.3, -0.25) is 14.4 Å². The van der Waals surface area contributed by atoms with Crippen molar-refractivity contribution < 1.29 is 24.6 Å². The van der Waals surface area contributed by atoms with Gasteiger partial charge in [-0.2, -0.15) is 0 Å². The number of allylic oxidation sites excluding steroid dienone is 2. The van der Waals surface area contributed by atoms with E-state index in [2.05, 4.69) is 0 Å². The van der Waals surface area contributed by atoms with Crippen LogP contribution in [0.15, 0.2) is 12.2 Å². The lowest BCUT2D eigenvalue weighted by Gasteiger charge is -2.33. The van der Waals surface area contributed by atoms with Crippen molar-refractivity contribution >= 4 is 17.8 Å². The molecule has 19 heavy (non-hydrogen) atoms. The molecule has 1 amide bonds. The van der Waals surface area contributed by atoms with Crippen molar-refractivity contribution in [3.63, 3.8) is 0 Å². The van der Waals surface area contributed by atoms with Gasteiger partial charge in [-0.15, -0.1) is 0 Å². The van der Waals surface area contributed by atoms with Crippen LogP contribution in [0.25, 0.3) is 0 Å². The van der Waals surface area contributed by atoms with Crippen LogP contribution >= 0.6 is 0 Å². The highest BCUT2D eigenvalue weighted by atomic mass is 16.4. The van der Waals surface area contributed by atoms with Crippen LogP contribution in [0.5, 0.6) is 0 Å². The summed E-state index contributed by atoms with van der Waals surface area (Å²) in [5.41, 5.74) is -1.44. The van der Waals surface area contributed by atoms with Gasteiger partial charge in [0.25, 0.3) is 0 Å². The first-order chi connectivity index (χ1) is 8.81. The second kappa shape index (κ2) is 5.86. The Morgan fingerprint density at radius 2 is 1.95 bits per heavy atom. The van der Waals surface area contributed by atoms with E-state index < -0.39 is 29.2 Å². The summed E-state index contributed by atoms with van der Waals surface area (Å²) >= 11 is 0. The Kier molecular flexibility index (Phi) is 4.69. The van der Waals surface area contributed by atoms with Crippen LogP contribution < -0.4 is 0 Å². The summed E-state index contributed by atoms with van der Waals surface area (Å²) in [6, 6.07) is 0. The van der Waals surface area contributed by atoms with Gasteiger partial charge in [0.2, 0.25) is 5.91 Å². The lowest BCUT2D eigenvalue weighted by Crippen LogP contribution is -2.49. The molecule has 0 aromatic carbocycles. The number of amides is 1. The van der Waals surface area contributed by atoms with Crippen LogP contribution in [-0.2, 0) is 14.4 Å². The van der Waals surface area contributed by atoms with Crippen molar-refractivity contribution in [2.75, 3.05) is 13.6 Å². The molecule has 6 heteroatoms. The number of carboxylic acids is 2. The molecule has 0 saturated carbocycles. The van der Waals surface area contributed by atoms with Crippen LogP contribution in [-0.4, -0.2) is 46.6 Å². The van der Waals surface area contributed by atoms with Gasteiger partial charge < -0.3 is 15.1 Å². The smallest absolute Gasteiger partial charge is 0.319 e. The zero-order valence-corrected chi connectivity index (χ0v) is 11.1. The van der Waals surface area contributed by atoms with E-state index >= 15 is 0 Å². The van der Waals surface area contributed by atoms with Crippen LogP contribution in [0.3, 0.4) is 0 Å². The SMILES string of the molecule is CC(CN(C)C(=O)C1(C(=O)O)CC=CCC1)C(=O)O. The molecule has 1 aliphatic carbocycles. The zero-order valence-electron chi connectivity index (χ0n) is 11.1. The molecule has 1 rings (SSSR count). The van der Waals surface area contributed by atoms with E-state index in [1.54, 1.807) is 6.08 Å². The first-order valence-corrected chi connectivity index (χ1v) is 6.18. The first-order valence-electron chi connectivity index (χ1n) is 6.18. The molecule has 0 saturated heterocycles. The second-order valence-electron chi connectivity index (χ2n) is 5.03. The predicted octanol–water partition coefficient (Wildman–Crippen LogP) is 0.977. The zero-order chi connectivity index (χ0) is 14.6. The van der Waals surface area contributed by atoms with Crippen molar-refractivity contribution in [1.82, 2.24) is 4.90 Å². The number of nitrogens with zero attached hydrogens (tertiary/aromatic N) is 1. The van der Waals surface area contributed by atoms with Crippen molar-refractivity contribution in [3.05, 3.63) is 12.2 Å². The van der Waals surface area contributed by atoms with Gasteiger partial charge in [-0.05, 0) is 19.3 Å². The molecule has 2 unspecified atom stereocenters. The quantitative estimate of drug-likeness (QED) is 0.573. The second-order valence-corrected chi connectivity index (χ2v) is 5.03. The van der Waals surface area contributed by atoms with E-state index in [9.17, 15) is 19.5 Å². The number of aliphatic carboxylic acids is 2. The van der Waals surface area contributed by atoms with E-state index in [1.807, 2.05) is 6.08 Å². The van der Waals surface area contributed by atoms with E-state index in [1.165, 1.54) is 18.9 Å². The molecule has 0 aromatic rings. The molecule has 0 heterocycles. The van der Waals surface area contributed by atoms with Crippen LogP contribution in [0.4, 0.5) is 0 Å². The minimum atomic E-state index is -1.44. The van der Waals surface area contributed by atoms with Crippen molar-refractivity contribution in [3.8, 4) is 0 Å². The van der Waals surface area contributed by atoms with Gasteiger partial charge in [-0.25, -0.2) is 0 Å². The number of hydrogen-bond acceptors (Lipinski definition) is 3. The molecule has 6 nitrogen and oxygen atoms in total. The number of carbonyl (C=O) groups excluding carboxylic acids is 1. The maximum Gasteiger partial charge on any atom is 0.319 e. The summed E-state index contributed by atoms with van der Waals surface area (Å²) in [7, 11) is 1.45. The van der Waals surface area contributed by atoms with Crippen molar-refractivity contribution in [2.45, 2.75) is 26.2 Å². The molecular weight excluding hydrogens is 250 g/mol. The summed E-state index contributed by atoms with van der Waals surface area (Å²) in [4.78, 5) is 35.8. The highest BCUT2D eigenvalue weighted by Crippen LogP contribution is 2.35. The highest BCUT2D eigenvalue weighted by Gasteiger charge is 2.47. The lowest BCUT2D eigenvalue weighted by molar-refractivity contribution is -0.161. The molecule has 0 aromatic heterocycles. The third-order valence-corrected chi connectivity index (χ3v) is 3.51.